The lowest BCUT2D eigenvalue weighted by atomic mass is 10.2. The van der Waals surface area contributed by atoms with Crippen molar-refractivity contribution in [1.29, 1.82) is 0 Å². The highest BCUT2D eigenvalue weighted by molar-refractivity contribution is 5.48. The zero-order valence-corrected chi connectivity index (χ0v) is 9.81. The van der Waals surface area contributed by atoms with E-state index in [4.69, 9.17) is 4.74 Å². The van der Waals surface area contributed by atoms with Crippen molar-refractivity contribution in [2.45, 2.75) is 32.4 Å². The van der Waals surface area contributed by atoms with Gasteiger partial charge in [0.2, 0.25) is 0 Å². The lowest BCUT2D eigenvalue weighted by Gasteiger charge is -2.07. The Morgan fingerprint density at radius 3 is 2.88 bits per heavy atom. The normalized spacial score (nSPS) is 14.6. The Morgan fingerprint density at radius 2 is 2.29 bits per heavy atom. The molecule has 0 saturated heterocycles. The van der Waals surface area contributed by atoms with Crippen LogP contribution in [0.1, 0.15) is 25.3 Å². The van der Waals surface area contributed by atoms with Gasteiger partial charge in [-0.3, -0.25) is 10.1 Å². The lowest BCUT2D eigenvalue weighted by Crippen LogP contribution is -2.15. The summed E-state index contributed by atoms with van der Waals surface area (Å²) in [7, 11) is 0. The maximum atomic E-state index is 10.8. The fraction of sp³-hybridized carbons (Fsp3) is 0.500. The minimum atomic E-state index is -0.414. The van der Waals surface area contributed by atoms with E-state index in [9.17, 15) is 10.1 Å². The topological polar surface area (TPSA) is 64.4 Å². The molecule has 0 bridgehead atoms. The second kappa shape index (κ2) is 5.14. The molecule has 5 nitrogen and oxygen atoms in total. The third kappa shape index (κ3) is 3.17. The summed E-state index contributed by atoms with van der Waals surface area (Å²) in [5.41, 5.74) is 1.05. The zero-order chi connectivity index (χ0) is 12.3. The van der Waals surface area contributed by atoms with Crippen LogP contribution in [0.25, 0.3) is 0 Å². The third-order valence-corrected chi connectivity index (χ3v) is 2.69. The first-order valence-corrected chi connectivity index (χ1v) is 5.84. The van der Waals surface area contributed by atoms with E-state index in [1.54, 1.807) is 12.1 Å². The Hall–Kier alpha value is -1.62. The van der Waals surface area contributed by atoms with Gasteiger partial charge in [0.1, 0.15) is 0 Å². The molecule has 0 unspecified atom stereocenters. The first kappa shape index (κ1) is 11.9. The number of rotatable bonds is 6. The summed E-state index contributed by atoms with van der Waals surface area (Å²) in [6, 6.07) is 5.66. The number of hydrogen-bond acceptors (Lipinski definition) is 4. The van der Waals surface area contributed by atoms with Gasteiger partial charge in [-0.05, 0) is 31.4 Å². The maximum Gasteiger partial charge on any atom is 0.310 e. The summed E-state index contributed by atoms with van der Waals surface area (Å²) in [5.74, 6) is 0.354. The zero-order valence-electron chi connectivity index (χ0n) is 9.81. The highest BCUT2D eigenvalue weighted by Crippen LogP contribution is 2.28. The fourth-order valence-electron chi connectivity index (χ4n) is 1.64. The molecule has 1 saturated carbocycles. The Balaban J connectivity index is 2.11. The molecule has 0 aromatic heterocycles. The molecule has 1 aliphatic carbocycles. The average Bonchev–Trinajstić information content (AvgIpc) is 3.10. The Bertz CT molecular complexity index is 416. The summed E-state index contributed by atoms with van der Waals surface area (Å²) < 4.78 is 5.29. The Morgan fingerprint density at radius 1 is 1.53 bits per heavy atom. The van der Waals surface area contributed by atoms with Crippen molar-refractivity contribution in [1.82, 2.24) is 5.32 Å². The lowest BCUT2D eigenvalue weighted by molar-refractivity contribution is -0.385. The molecule has 0 aliphatic heterocycles. The van der Waals surface area contributed by atoms with Gasteiger partial charge in [0.25, 0.3) is 0 Å². The van der Waals surface area contributed by atoms with Gasteiger partial charge in [-0.1, -0.05) is 6.07 Å². The van der Waals surface area contributed by atoms with Crippen LogP contribution in [-0.2, 0) is 6.54 Å². The Labute approximate surface area is 99.9 Å². The second-order valence-electron chi connectivity index (χ2n) is 4.15. The molecule has 1 fully saturated rings. The molecule has 5 heteroatoms. The molecule has 0 atom stereocenters. The molecule has 0 spiro atoms. The molecule has 1 aliphatic rings. The summed E-state index contributed by atoms with van der Waals surface area (Å²) in [6.07, 6.45) is 2.45. The summed E-state index contributed by atoms with van der Waals surface area (Å²) in [4.78, 5) is 10.4. The van der Waals surface area contributed by atoms with Gasteiger partial charge < -0.3 is 10.1 Å². The van der Waals surface area contributed by atoms with E-state index in [-0.39, 0.29) is 5.69 Å². The summed E-state index contributed by atoms with van der Waals surface area (Å²) in [6.45, 7) is 2.99. The van der Waals surface area contributed by atoms with Gasteiger partial charge in [-0.2, -0.15) is 0 Å². The standard InChI is InChI=1S/C12H16N2O3/c1-2-17-12-7-9(8-13-10-4-5-10)3-6-11(12)14(15)16/h3,6-7,10,13H,2,4-5,8H2,1H3. The smallest absolute Gasteiger partial charge is 0.310 e. The minimum Gasteiger partial charge on any atom is -0.487 e. The van der Waals surface area contributed by atoms with Crippen molar-refractivity contribution in [3.05, 3.63) is 33.9 Å². The number of ether oxygens (including phenoxy) is 1. The average molecular weight is 236 g/mol. The van der Waals surface area contributed by atoms with E-state index in [1.165, 1.54) is 18.9 Å². The molecule has 1 aromatic carbocycles. The van der Waals surface area contributed by atoms with E-state index >= 15 is 0 Å². The number of nitrogens with one attached hydrogen (secondary N) is 1. The van der Waals surface area contributed by atoms with Crippen molar-refractivity contribution in [3.8, 4) is 5.75 Å². The minimum absolute atomic E-state index is 0.0296. The predicted molar refractivity (Wildman–Crippen MR) is 64.1 cm³/mol. The van der Waals surface area contributed by atoms with E-state index < -0.39 is 4.92 Å². The monoisotopic (exact) mass is 236 g/mol. The quantitative estimate of drug-likeness (QED) is 0.607. The molecular weight excluding hydrogens is 220 g/mol. The highest BCUT2D eigenvalue weighted by atomic mass is 16.6. The molecule has 17 heavy (non-hydrogen) atoms. The second-order valence-corrected chi connectivity index (χ2v) is 4.15. The van der Waals surface area contributed by atoms with Gasteiger partial charge in [-0.25, -0.2) is 0 Å². The Kier molecular flexibility index (Phi) is 3.58. The number of nitrogens with zero attached hydrogens (tertiary/aromatic N) is 1. The van der Waals surface area contributed by atoms with Crippen molar-refractivity contribution in [2.75, 3.05) is 6.61 Å². The molecular formula is C12H16N2O3. The van der Waals surface area contributed by atoms with Crippen LogP contribution in [0.2, 0.25) is 0 Å². The molecule has 0 amide bonds. The number of benzene rings is 1. The number of hydrogen-bond donors (Lipinski definition) is 1. The number of nitro benzene ring substituents is 1. The first-order chi connectivity index (χ1) is 8.20. The van der Waals surface area contributed by atoms with Gasteiger partial charge in [-0.15, -0.1) is 0 Å². The molecule has 0 radical (unpaired) electrons. The van der Waals surface area contributed by atoms with Crippen LogP contribution in [-0.4, -0.2) is 17.6 Å². The van der Waals surface area contributed by atoms with Crippen LogP contribution in [0.15, 0.2) is 18.2 Å². The molecule has 2 rings (SSSR count). The maximum absolute atomic E-state index is 10.8. The van der Waals surface area contributed by atoms with Crippen molar-refractivity contribution >= 4 is 5.69 Å². The van der Waals surface area contributed by atoms with Gasteiger partial charge >= 0.3 is 5.69 Å². The molecule has 1 aromatic rings. The molecule has 0 heterocycles. The fourth-order valence-corrected chi connectivity index (χ4v) is 1.64. The number of nitro groups is 1. The third-order valence-electron chi connectivity index (χ3n) is 2.69. The van der Waals surface area contributed by atoms with E-state index in [0.717, 1.165) is 12.1 Å². The van der Waals surface area contributed by atoms with E-state index in [2.05, 4.69) is 5.32 Å². The summed E-state index contributed by atoms with van der Waals surface area (Å²) >= 11 is 0. The van der Waals surface area contributed by atoms with Crippen LogP contribution in [0.4, 0.5) is 5.69 Å². The van der Waals surface area contributed by atoms with Crippen molar-refractivity contribution in [2.24, 2.45) is 0 Å². The van der Waals surface area contributed by atoms with E-state index in [0.29, 0.717) is 18.4 Å². The van der Waals surface area contributed by atoms with Gasteiger partial charge in [0.05, 0.1) is 11.5 Å². The van der Waals surface area contributed by atoms with Crippen LogP contribution in [0, 0.1) is 10.1 Å². The van der Waals surface area contributed by atoms with Gasteiger partial charge in [0.15, 0.2) is 5.75 Å². The SMILES string of the molecule is CCOc1cc(CNC2CC2)ccc1[N+](=O)[O-]. The van der Waals surface area contributed by atoms with Crippen LogP contribution in [0.3, 0.4) is 0 Å². The first-order valence-electron chi connectivity index (χ1n) is 5.84. The van der Waals surface area contributed by atoms with Crippen molar-refractivity contribution in [3.63, 3.8) is 0 Å². The predicted octanol–water partition coefficient (Wildman–Crippen LogP) is 2.25. The summed E-state index contributed by atoms with van der Waals surface area (Å²) in [5, 5.41) is 14.2. The van der Waals surface area contributed by atoms with Crippen molar-refractivity contribution < 1.29 is 9.66 Å². The van der Waals surface area contributed by atoms with Crippen LogP contribution in [0.5, 0.6) is 5.75 Å². The molecule has 92 valence electrons. The van der Waals surface area contributed by atoms with Crippen LogP contribution < -0.4 is 10.1 Å². The van der Waals surface area contributed by atoms with Gasteiger partial charge in [0, 0.05) is 18.7 Å². The molecule has 1 N–H and O–H groups in total. The highest BCUT2D eigenvalue weighted by Gasteiger charge is 2.21. The van der Waals surface area contributed by atoms with E-state index in [1.807, 2.05) is 6.92 Å². The van der Waals surface area contributed by atoms with Crippen LogP contribution >= 0.6 is 0 Å². The largest absolute Gasteiger partial charge is 0.487 e.